The van der Waals surface area contributed by atoms with E-state index >= 15 is 0 Å². The Balaban J connectivity index is 1.88. The van der Waals surface area contributed by atoms with Crippen molar-refractivity contribution in [2.75, 3.05) is 24.6 Å². The number of ether oxygens (including phenoxy) is 1. The summed E-state index contributed by atoms with van der Waals surface area (Å²) in [5.74, 6) is -0.456. The molecular weight excluding hydrogens is 412 g/mol. The van der Waals surface area contributed by atoms with E-state index in [1.807, 2.05) is 24.0 Å². The van der Waals surface area contributed by atoms with E-state index in [1.54, 1.807) is 12.1 Å². The smallest absolute Gasteiger partial charge is 0.306 e. The highest BCUT2D eigenvalue weighted by molar-refractivity contribution is 6.63. The van der Waals surface area contributed by atoms with Crippen LogP contribution in [0.25, 0.3) is 0 Å². The number of hydrogen-bond donors (Lipinski definition) is 0. The Morgan fingerprint density at radius 1 is 1.03 bits per heavy atom. The topological polar surface area (TPSA) is 114 Å². The van der Waals surface area contributed by atoms with E-state index in [-0.39, 0.29) is 25.1 Å². The molecule has 0 aliphatic carbocycles. The summed E-state index contributed by atoms with van der Waals surface area (Å²) in [4.78, 5) is 34.4. The van der Waals surface area contributed by atoms with Crippen LogP contribution in [0.1, 0.15) is 19.8 Å². The zero-order chi connectivity index (χ0) is 21.9. The average molecular weight is 433 g/mol. The molecule has 0 saturated heterocycles. The Morgan fingerprint density at radius 3 is 2.10 bits per heavy atom. The molecule has 0 radical (unpaired) electrons. The number of nitrogens with zero attached hydrogens (tertiary/aromatic N) is 4. The van der Waals surface area contributed by atoms with Gasteiger partial charge in [-0.15, -0.1) is 0 Å². The lowest BCUT2D eigenvalue weighted by Crippen LogP contribution is -2.27. The van der Waals surface area contributed by atoms with Crippen molar-refractivity contribution in [2.45, 2.75) is 19.8 Å². The second-order valence-corrected chi connectivity index (χ2v) is 6.57. The summed E-state index contributed by atoms with van der Waals surface area (Å²) in [5, 5.41) is 18.3. The fourth-order valence-electron chi connectivity index (χ4n) is 2.50. The quantitative estimate of drug-likeness (QED) is 0.163. The molecule has 0 aromatic heterocycles. The highest BCUT2D eigenvalue weighted by Crippen LogP contribution is 2.23. The van der Waals surface area contributed by atoms with Crippen LogP contribution in [0.15, 0.2) is 58.8 Å². The molecule has 2 aromatic carbocycles. The molecule has 10 heteroatoms. The molecule has 0 heterocycles. The molecule has 2 aromatic rings. The van der Waals surface area contributed by atoms with Gasteiger partial charge in [0.1, 0.15) is 6.61 Å². The molecular formula is C20H21ClN4O5. The zero-order valence-electron chi connectivity index (χ0n) is 16.4. The van der Waals surface area contributed by atoms with E-state index in [2.05, 4.69) is 10.2 Å². The van der Waals surface area contributed by atoms with E-state index in [4.69, 9.17) is 16.3 Å². The van der Waals surface area contributed by atoms with E-state index in [0.29, 0.717) is 24.5 Å². The van der Waals surface area contributed by atoms with Crippen LogP contribution < -0.4 is 4.90 Å². The van der Waals surface area contributed by atoms with Crippen LogP contribution in [0.2, 0.25) is 0 Å². The van der Waals surface area contributed by atoms with Crippen LogP contribution >= 0.6 is 11.6 Å². The maximum atomic E-state index is 11.5. The number of nitro groups is 1. The molecule has 0 bridgehead atoms. The summed E-state index contributed by atoms with van der Waals surface area (Å²) in [6, 6.07) is 13.1. The van der Waals surface area contributed by atoms with Crippen molar-refractivity contribution in [3.8, 4) is 0 Å². The molecule has 0 aliphatic rings. The lowest BCUT2D eigenvalue weighted by molar-refractivity contribution is -0.384. The van der Waals surface area contributed by atoms with Gasteiger partial charge < -0.3 is 9.64 Å². The Morgan fingerprint density at radius 2 is 1.60 bits per heavy atom. The summed E-state index contributed by atoms with van der Waals surface area (Å²) < 4.78 is 5.11. The van der Waals surface area contributed by atoms with Crippen LogP contribution in [-0.4, -0.2) is 35.8 Å². The third-order valence-electron chi connectivity index (χ3n) is 4.09. The molecule has 2 rings (SSSR count). The molecule has 0 saturated carbocycles. The van der Waals surface area contributed by atoms with E-state index < -0.39 is 16.1 Å². The Kier molecular flexibility index (Phi) is 8.89. The first-order valence-electron chi connectivity index (χ1n) is 9.24. The summed E-state index contributed by atoms with van der Waals surface area (Å²) >= 11 is 5.20. The molecule has 0 unspecified atom stereocenters. The average Bonchev–Trinajstić information content (AvgIpc) is 2.74. The molecule has 0 aliphatic heterocycles. The van der Waals surface area contributed by atoms with Gasteiger partial charge in [-0.25, -0.2) is 0 Å². The van der Waals surface area contributed by atoms with E-state index in [9.17, 15) is 19.7 Å². The minimum absolute atomic E-state index is 0.00354. The molecule has 0 fully saturated rings. The number of nitro benzene ring substituents is 1. The van der Waals surface area contributed by atoms with Gasteiger partial charge in [-0.05, 0) is 54.9 Å². The van der Waals surface area contributed by atoms with Gasteiger partial charge in [0.2, 0.25) is 5.24 Å². The van der Waals surface area contributed by atoms with Gasteiger partial charge in [0.25, 0.3) is 5.69 Å². The predicted octanol–water partition coefficient (Wildman–Crippen LogP) is 4.93. The zero-order valence-corrected chi connectivity index (χ0v) is 17.1. The summed E-state index contributed by atoms with van der Waals surface area (Å²) in [6.07, 6.45) is -0.0588. The number of benzene rings is 2. The van der Waals surface area contributed by atoms with Crippen molar-refractivity contribution >= 4 is 45.6 Å². The first kappa shape index (κ1) is 23.0. The van der Waals surface area contributed by atoms with Crippen molar-refractivity contribution in [3.63, 3.8) is 0 Å². The number of non-ortho nitro benzene ring substituents is 1. The van der Waals surface area contributed by atoms with Gasteiger partial charge in [0.05, 0.1) is 29.3 Å². The van der Waals surface area contributed by atoms with Gasteiger partial charge in [-0.1, -0.05) is 0 Å². The third kappa shape index (κ3) is 7.59. The summed E-state index contributed by atoms with van der Waals surface area (Å²) in [5.41, 5.74) is 2.07. The monoisotopic (exact) mass is 432 g/mol. The summed E-state index contributed by atoms with van der Waals surface area (Å²) in [6.45, 7) is 3.39. The maximum absolute atomic E-state index is 11.5. The van der Waals surface area contributed by atoms with Gasteiger partial charge in [0, 0.05) is 30.8 Å². The Bertz CT molecular complexity index is 900. The summed E-state index contributed by atoms with van der Waals surface area (Å²) in [7, 11) is 0. The van der Waals surface area contributed by atoms with Crippen LogP contribution in [-0.2, 0) is 14.3 Å². The molecule has 158 valence electrons. The SMILES string of the molecule is CCN(CCOC(=O)CCC(=O)Cl)c1ccc(N=Nc2ccc([N+](=O)[O-])cc2)cc1. The van der Waals surface area contributed by atoms with E-state index in [1.165, 1.54) is 24.3 Å². The van der Waals surface area contributed by atoms with Crippen molar-refractivity contribution in [1.29, 1.82) is 0 Å². The number of carbonyl (C=O) groups excluding carboxylic acids is 2. The molecule has 30 heavy (non-hydrogen) atoms. The lowest BCUT2D eigenvalue weighted by atomic mass is 10.2. The lowest BCUT2D eigenvalue weighted by Gasteiger charge is -2.22. The number of hydrogen-bond acceptors (Lipinski definition) is 8. The highest BCUT2D eigenvalue weighted by Gasteiger charge is 2.09. The van der Waals surface area contributed by atoms with Crippen LogP contribution in [0, 0.1) is 10.1 Å². The van der Waals surface area contributed by atoms with Gasteiger partial charge >= 0.3 is 5.97 Å². The minimum atomic E-state index is -0.562. The largest absolute Gasteiger partial charge is 0.464 e. The number of carbonyl (C=O) groups is 2. The normalized spacial score (nSPS) is 10.7. The van der Waals surface area contributed by atoms with Crippen molar-refractivity contribution < 1.29 is 19.2 Å². The second-order valence-electron chi connectivity index (χ2n) is 6.15. The number of anilines is 1. The van der Waals surface area contributed by atoms with Crippen molar-refractivity contribution in [2.24, 2.45) is 10.2 Å². The number of likely N-dealkylation sites (N-methyl/N-ethyl adjacent to an activating group) is 1. The first-order valence-corrected chi connectivity index (χ1v) is 9.62. The first-order chi connectivity index (χ1) is 14.4. The highest BCUT2D eigenvalue weighted by atomic mass is 35.5. The van der Waals surface area contributed by atoms with Crippen LogP contribution in [0.3, 0.4) is 0 Å². The minimum Gasteiger partial charge on any atom is -0.464 e. The van der Waals surface area contributed by atoms with Gasteiger partial charge in [-0.3, -0.25) is 19.7 Å². The molecule has 0 N–H and O–H groups in total. The fraction of sp³-hybridized carbons (Fsp3) is 0.300. The van der Waals surface area contributed by atoms with Gasteiger partial charge in [0.15, 0.2) is 0 Å². The molecule has 9 nitrogen and oxygen atoms in total. The van der Waals surface area contributed by atoms with E-state index in [0.717, 1.165) is 5.69 Å². The molecule has 0 amide bonds. The fourth-order valence-corrected chi connectivity index (χ4v) is 2.59. The van der Waals surface area contributed by atoms with Crippen LogP contribution in [0.5, 0.6) is 0 Å². The number of azo groups is 1. The Labute approximate surface area is 178 Å². The van der Waals surface area contributed by atoms with Crippen molar-refractivity contribution in [1.82, 2.24) is 0 Å². The molecule has 0 spiro atoms. The van der Waals surface area contributed by atoms with Crippen LogP contribution in [0.4, 0.5) is 22.7 Å². The number of rotatable bonds is 11. The maximum Gasteiger partial charge on any atom is 0.306 e. The number of esters is 1. The predicted molar refractivity (Wildman–Crippen MR) is 113 cm³/mol. The Hall–Kier alpha value is -3.33. The number of halogens is 1. The van der Waals surface area contributed by atoms with Crippen molar-refractivity contribution in [3.05, 3.63) is 58.6 Å². The third-order valence-corrected chi connectivity index (χ3v) is 4.28. The molecule has 0 atom stereocenters. The second kappa shape index (κ2) is 11.6. The van der Waals surface area contributed by atoms with Gasteiger partial charge in [-0.2, -0.15) is 10.2 Å². The standard InChI is InChI=1S/C20H21ClN4O5/c1-2-24(13-14-30-20(27)12-11-19(21)26)17-7-3-15(4-8-17)22-23-16-5-9-18(10-6-16)25(28)29/h3-10H,2,11-14H2,1H3.